The van der Waals surface area contributed by atoms with E-state index in [1.165, 1.54) is 94.3 Å². The van der Waals surface area contributed by atoms with Crippen LogP contribution in [0.3, 0.4) is 0 Å². The Morgan fingerprint density at radius 1 is 0.238 bits per heavy atom. The Bertz CT molecular complexity index is 4900. The molecular formula is C94H85B2N5. The van der Waals surface area contributed by atoms with E-state index in [4.69, 9.17) is 0 Å². The van der Waals surface area contributed by atoms with Gasteiger partial charge in [0.25, 0.3) is 0 Å². The number of nitrogens with zero attached hydrogens (tertiary/aromatic N) is 5. The second-order valence-electron chi connectivity index (χ2n) is 32.2. The van der Waals surface area contributed by atoms with Gasteiger partial charge in [-0.3, -0.25) is 0 Å². The minimum absolute atomic E-state index is 0.0291. The molecule has 4 aliphatic heterocycles. The molecule has 492 valence electrons. The molecule has 0 fully saturated rings. The molecule has 0 atom stereocenters. The fourth-order valence-corrected chi connectivity index (χ4v) is 16.5. The summed E-state index contributed by atoms with van der Waals surface area (Å²) >= 11 is 0. The van der Waals surface area contributed by atoms with E-state index in [1.54, 1.807) is 0 Å². The van der Waals surface area contributed by atoms with Crippen molar-refractivity contribution in [3.63, 3.8) is 0 Å². The van der Waals surface area contributed by atoms with Crippen molar-refractivity contribution in [3.05, 3.63) is 320 Å². The number of benzene rings is 13. The first-order valence-electron chi connectivity index (χ1n) is 36.0. The quantitative estimate of drug-likeness (QED) is 0.127. The summed E-state index contributed by atoms with van der Waals surface area (Å²) < 4.78 is 2.88. The number of anilines is 13. The van der Waals surface area contributed by atoms with Gasteiger partial charge < -0.3 is 24.3 Å². The third kappa shape index (κ3) is 10.7. The average Bonchev–Trinajstić information content (AvgIpc) is 0.671. The van der Waals surface area contributed by atoms with E-state index >= 15 is 0 Å². The third-order valence-electron chi connectivity index (χ3n) is 21.6. The summed E-state index contributed by atoms with van der Waals surface area (Å²) in [5.41, 5.74) is 34.3. The zero-order chi connectivity index (χ0) is 69.4. The monoisotopic (exact) mass is 1310 g/mol. The van der Waals surface area contributed by atoms with Crippen LogP contribution in [-0.2, 0) is 21.7 Å². The lowest BCUT2D eigenvalue weighted by molar-refractivity contribution is 0.590. The van der Waals surface area contributed by atoms with Crippen LogP contribution in [0.5, 0.6) is 0 Å². The van der Waals surface area contributed by atoms with E-state index in [9.17, 15) is 0 Å². The molecule has 0 unspecified atom stereocenters. The van der Waals surface area contributed by atoms with Gasteiger partial charge in [0.15, 0.2) is 0 Å². The van der Waals surface area contributed by atoms with Gasteiger partial charge in [0.2, 0.25) is 0 Å². The van der Waals surface area contributed by atoms with Crippen LogP contribution in [0.25, 0.3) is 44.5 Å². The van der Waals surface area contributed by atoms with E-state index in [0.717, 1.165) is 68.2 Å². The van der Waals surface area contributed by atoms with Crippen molar-refractivity contribution >= 4 is 109 Å². The molecule has 0 bridgehead atoms. The molecule has 0 saturated carbocycles. The Balaban J connectivity index is 0.990. The Morgan fingerprint density at radius 2 is 0.525 bits per heavy atom. The molecule has 0 radical (unpaired) electrons. The Kier molecular flexibility index (Phi) is 15.0. The van der Waals surface area contributed by atoms with E-state index in [2.05, 4.69) is 405 Å². The van der Waals surface area contributed by atoms with Gasteiger partial charge in [0, 0.05) is 84.8 Å². The number of rotatable bonds is 10. The highest BCUT2D eigenvalue weighted by atomic mass is 15.2. The summed E-state index contributed by atoms with van der Waals surface area (Å²) in [4.78, 5) is 10.2. The Labute approximate surface area is 598 Å². The van der Waals surface area contributed by atoms with Gasteiger partial charge in [0.1, 0.15) is 0 Å². The maximum Gasteiger partial charge on any atom is 0.316 e. The molecule has 17 rings (SSSR count). The van der Waals surface area contributed by atoms with Gasteiger partial charge in [-0.2, -0.15) is 0 Å². The van der Waals surface area contributed by atoms with Crippen LogP contribution in [-0.4, -0.2) is 13.7 Å². The van der Waals surface area contributed by atoms with Crippen LogP contribution in [0.15, 0.2) is 297 Å². The molecule has 5 nitrogen and oxygen atoms in total. The van der Waals surface area contributed by atoms with Crippen molar-refractivity contribution in [2.45, 2.75) is 105 Å². The molecule has 7 heteroatoms. The van der Waals surface area contributed by atoms with Crippen LogP contribution in [0.2, 0.25) is 0 Å². The molecule has 0 amide bonds. The summed E-state index contributed by atoms with van der Waals surface area (Å²) in [6.45, 7) is 27.2. The van der Waals surface area contributed by atoms with Gasteiger partial charge >= 0.3 is 13.7 Å². The molecule has 4 aliphatic rings. The molecular weight excluding hydrogens is 1220 g/mol. The fraction of sp³-hybridized carbons (Fsp3) is 0.170. The minimum atomic E-state index is -0.245. The molecule has 4 heterocycles. The summed E-state index contributed by atoms with van der Waals surface area (Å²) in [6.07, 6.45) is 0. The van der Waals surface area contributed by atoms with Gasteiger partial charge in [-0.1, -0.05) is 283 Å². The van der Waals surface area contributed by atoms with Gasteiger partial charge in [-0.25, -0.2) is 0 Å². The maximum absolute atomic E-state index is 2.88. The highest BCUT2D eigenvalue weighted by Crippen LogP contribution is 2.56. The number of fused-ring (bicyclic) bond motifs is 8. The third-order valence-corrected chi connectivity index (χ3v) is 21.6. The van der Waals surface area contributed by atoms with Crippen LogP contribution >= 0.6 is 0 Å². The largest absolute Gasteiger partial charge is 0.444 e. The zero-order valence-electron chi connectivity index (χ0n) is 60.2. The van der Waals surface area contributed by atoms with Crippen molar-refractivity contribution in [2.75, 3.05) is 24.3 Å². The Hall–Kier alpha value is -11.0. The zero-order valence-corrected chi connectivity index (χ0v) is 60.2. The molecule has 0 saturated heterocycles. The van der Waals surface area contributed by atoms with Crippen molar-refractivity contribution in [1.82, 2.24) is 0 Å². The minimum Gasteiger partial charge on any atom is -0.444 e. The van der Waals surface area contributed by atoms with Crippen molar-refractivity contribution in [3.8, 4) is 44.5 Å². The maximum atomic E-state index is 2.88. The summed E-state index contributed by atoms with van der Waals surface area (Å²) in [6, 6.07) is 113. The van der Waals surface area contributed by atoms with E-state index < -0.39 is 0 Å². The summed E-state index contributed by atoms with van der Waals surface area (Å²) in [7, 11) is 0. The van der Waals surface area contributed by atoms with Crippen LogP contribution in [0, 0.1) is 0 Å². The standard InChI is InChI=1S/C94H85B2N5/c1-91(2,3)64-42-50-68(51-43-64)97(69-52-44-65(45-53-69)92(4,5)6)72-58-78-76-34-27-35-77-79-59-73(98(70-54-46-66(47-55-70)93(7,8)9)71-56-48-67(49-57-71)94(10,11)12)61-87-89(79)96(81-37-22-26-41-85(81)100(87)83-39-24-20-33-75(83)63-30-17-14-18-31-63)101(90(76)77)95-80-36-21-25-40-84(80)99(86(60-72)88(78)95)82-38-23-19-32-74(82)62-28-15-13-16-29-62/h13-61H,1-12H3. The smallest absolute Gasteiger partial charge is 0.316 e. The molecule has 0 N–H and O–H groups in total. The molecule has 13 aromatic rings. The Morgan fingerprint density at radius 3 is 0.851 bits per heavy atom. The highest BCUT2D eigenvalue weighted by molar-refractivity contribution is 7.09. The summed E-state index contributed by atoms with van der Waals surface area (Å²) in [5, 5.41) is 0. The first kappa shape index (κ1) is 63.4. The van der Waals surface area contributed by atoms with Gasteiger partial charge in [-0.15, -0.1) is 0 Å². The van der Waals surface area contributed by atoms with E-state index in [1.807, 2.05) is 0 Å². The highest BCUT2D eigenvalue weighted by Gasteiger charge is 2.54. The first-order chi connectivity index (χ1) is 48.7. The number of hydrogen-bond acceptors (Lipinski definition) is 5. The first-order valence-corrected chi connectivity index (χ1v) is 36.0. The van der Waals surface area contributed by atoms with Crippen molar-refractivity contribution in [2.24, 2.45) is 0 Å². The van der Waals surface area contributed by atoms with Gasteiger partial charge in [-0.05, 0) is 185 Å². The van der Waals surface area contributed by atoms with Crippen molar-refractivity contribution in [1.29, 1.82) is 0 Å². The van der Waals surface area contributed by atoms with Crippen molar-refractivity contribution < 1.29 is 0 Å². The predicted octanol–water partition coefficient (Wildman–Crippen LogP) is 23.1. The SMILES string of the molecule is CC(C)(C)c1ccc(N(c2ccc(C(C)(C)C)cc2)c2cc3c4c(c2)N(c2ccccc2-c2ccccc2)c2ccccc2B4N2B4c5ccccc5N(c5ccccc5-c5ccccc5)c5cc(N(c6ccc(C(C)(C)C)cc6)c6ccc(C(C)(C)C)cc6)cc(c54)-c4cccc-3c42)cc1. The predicted molar refractivity (Wildman–Crippen MR) is 434 cm³/mol. The number of para-hydroxylation sites is 5. The molecule has 101 heavy (non-hydrogen) atoms. The number of hydrogen-bond donors (Lipinski definition) is 0. The second-order valence-corrected chi connectivity index (χ2v) is 32.2. The topological polar surface area (TPSA) is 16.2 Å². The van der Waals surface area contributed by atoms with E-state index in [-0.39, 0.29) is 35.4 Å². The lowest BCUT2D eigenvalue weighted by Crippen LogP contribution is -2.74. The van der Waals surface area contributed by atoms with Gasteiger partial charge in [0.05, 0.1) is 11.4 Å². The lowest BCUT2D eigenvalue weighted by Gasteiger charge is -2.53. The average molecular weight is 1310 g/mol. The lowest BCUT2D eigenvalue weighted by atomic mass is 9.32. The van der Waals surface area contributed by atoms with E-state index in [0.29, 0.717) is 0 Å². The van der Waals surface area contributed by atoms with Crippen LogP contribution < -0.4 is 46.2 Å². The normalized spacial score (nSPS) is 13.4. The second kappa shape index (κ2) is 23.8. The molecule has 13 aromatic carbocycles. The fourth-order valence-electron chi connectivity index (χ4n) is 16.5. The van der Waals surface area contributed by atoms with Crippen LogP contribution in [0.1, 0.15) is 105 Å². The van der Waals surface area contributed by atoms with Crippen LogP contribution in [0.4, 0.5) is 73.9 Å². The molecule has 0 aliphatic carbocycles. The molecule has 0 aromatic heterocycles. The molecule has 0 spiro atoms. The summed E-state index contributed by atoms with van der Waals surface area (Å²) in [5.74, 6) is 0.